The molecule has 0 radical (unpaired) electrons. The first-order valence-electron chi connectivity index (χ1n) is 7.78. The van der Waals surface area contributed by atoms with Gasteiger partial charge in [-0.05, 0) is 46.4 Å². The van der Waals surface area contributed by atoms with Crippen LogP contribution in [0.1, 0.15) is 26.7 Å². The van der Waals surface area contributed by atoms with Crippen LogP contribution in [0.3, 0.4) is 0 Å². The molecule has 1 saturated heterocycles. The summed E-state index contributed by atoms with van der Waals surface area (Å²) in [5.74, 6) is 0. The van der Waals surface area contributed by atoms with Crippen LogP contribution in [-0.2, 0) is 9.47 Å². The van der Waals surface area contributed by atoms with Crippen molar-refractivity contribution in [2.24, 2.45) is 0 Å². The van der Waals surface area contributed by atoms with Crippen LogP contribution in [-0.4, -0.2) is 86.7 Å². The maximum Gasteiger partial charge on any atom is 0.0900 e. The molecule has 0 aromatic carbocycles. The van der Waals surface area contributed by atoms with Gasteiger partial charge < -0.3 is 24.4 Å². The van der Waals surface area contributed by atoms with Crippen molar-refractivity contribution in [3.63, 3.8) is 0 Å². The number of aliphatic hydroxyl groups is 1. The smallest absolute Gasteiger partial charge is 0.0900 e. The summed E-state index contributed by atoms with van der Waals surface area (Å²) in [7, 11) is 3.76. The van der Waals surface area contributed by atoms with Gasteiger partial charge in [0.2, 0.25) is 0 Å². The average Bonchev–Trinajstić information content (AvgIpc) is 2.45. The summed E-state index contributed by atoms with van der Waals surface area (Å²) in [5.41, 5.74) is 0. The molecule has 0 bridgehead atoms. The number of methoxy groups -OCH3 is 1. The van der Waals surface area contributed by atoms with E-state index in [9.17, 15) is 5.11 Å². The molecule has 120 valence electrons. The molecule has 20 heavy (non-hydrogen) atoms. The van der Waals surface area contributed by atoms with Gasteiger partial charge in [0.25, 0.3) is 0 Å². The SMILES string of the molecule is CCN1CCC(N(C)CC(O)COC(C)COC)CC1. The Hall–Kier alpha value is -0.200. The van der Waals surface area contributed by atoms with Gasteiger partial charge in [0.05, 0.1) is 25.4 Å². The molecule has 0 aromatic heterocycles. The Kier molecular flexibility index (Phi) is 8.64. The van der Waals surface area contributed by atoms with E-state index < -0.39 is 6.10 Å². The highest BCUT2D eigenvalue weighted by Gasteiger charge is 2.23. The molecule has 0 saturated carbocycles. The first-order valence-corrected chi connectivity index (χ1v) is 7.78. The number of piperidine rings is 1. The van der Waals surface area contributed by atoms with Crippen LogP contribution in [0.4, 0.5) is 0 Å². The van der Waals surface area contributed by atoms with Gasteiger partial charge in [-0.2, -0.15) is 0 Å². The molecule has 1 aliphatic rings. The van der Waals surface area contributed by atoms with E-state index in [0.717, 1.165) is 6.54 Å². The van der Waals surface area contributed by atoms with Crippen LogP contribution >= 0.6 is 0 Å². The number of nitrogens with zero attached hydrogens (tertiary/aromatic N) is 2. The number of likely N-dealkylation sites (tertiary alicyclic amines) is 1. The summed E-state index contributed by atoms with van der Waals surface area (Å²) in [6.07, 6.45) is 1.99. The third-order valence-electron chi connectivity index (χ3n) is 4.10. The second-order valence-electron chi connectivity index (χ2n) is 5.86. The van der Waals surface area contributed by atoms with Crippen LogP contribution in [0.5, 0.6) is 0 Å². The van der Waals surface area contributed by atoms with Crippen molar-refractivity contribution in [1.82, 2.24) is 9.80 Å². The standard InChI is InChI=1S/C15H32N2O3/c1-5-17-8-6-14(7-9-17)16(3)10-15(18)12-20-13(2)11-19-4/h13-15,18H,5-12H2,1-4H3. The minimum absolute atomic E-state index is 0.0350. The number of aliphatic hydroxyl groups excluding tert-OH is 1. The summed E-state index contributed by atoms with van der Waals surface area (Å²) in [5, 5.41) is 10.0. The van der Waals surface area contributed by atoms with Crippen molar-refractivity contribution in [3.05, 3.63) is 0 Å². The van der Waals surface area contributed by atoms with Crippen molar-refractivity contribution in [2.75, 3.05) is 53.6 Å². The Bertz CT molecular complexity index is 245. The fraction of sp³-hybridized carbons (Fsp3) is 1.00. The molecule has 0 aromatic rings. The minimum atomic E-state index is -0.427. The Morgan fingerprint density at radius 2 is 1.95 bits per heavy atom. The van der Waals surface area contributed by atoms with E-state index in [1.54, 1.807) is 7.11 Å². The van der Waals surface area contributed by atoms with Crippen LogP contribution in [0.2, 0.25) is 0 Å². The highest BCUT2D eigenvalue weighted by molar-refractivity contribution is 4.79. The number of hydrogen-bond acceptors (Lipinski definition) is 5. The lowest BCUT2D eigenvalue weighted by Crippen LogP contribution is -2.46. The second kappa shape index (κ2) is 9.68. The van der Waals surface area contributed by atoms with E-state index in [-0.39, 0.29) is 6.10 Å². The lowest BCUT2D eigenvalue weighted by molar-refractivity contribution is -0.0423. The Morgan fingerprint density at radius 3 is 2.50 bits per heavy atom. The van der Waals surface area contributed by atoms with Crippen molar-refractivity contribution in [1.29, 1.82) is 0 Å². The van der Waals surface area contributed by atoms with Gasteiger partial charge in [-0.3, -0.25) is 0 Å². The summed E-state index contributed by atoms with van der Waals surface area (Å²) < 4.78 is 10.6. The summed E-state index contributed by atoms with van der Waals surface area (Å²) >= 11 is 0. The van der Waals surface area contributed by atoms with E-state index in [2.05, 4.69) is 23.8 Å². The normalized spacial score (nSPS) is 21.3. The zero-order chi connectivity index (χ0) is 15.0. The molecule has 2 unspecified atom stereocenters. The summed E-state index contributed by atoms with van der Waals surface area (Å²) in [6.45, 7) is 9.28. The molecule has 5 heteroatoms. The number of hydrogen-bond donors (Lipinski definition) is 1. The van der Waals surface area contributed by atoms with E-state index >= 15 is 0 Å². The fourth-order valence-electron chi connectivity index (χ4n) is 2.77. The van der Waals surface area contributed by atoms with Crippen molar-refractivity contribution in [2.45, 2.75) is 44.9 Å². The first-order chi connectivity index (χ1) is 9.56. The topological polar surface area (TPSA) is 45.2 Å². The molecule has 1 aliphatic heterocycles. The Morgan fingerprint density at radius 1 is 1.30 bits per heavy atom. The third kappa shape index (κ3) is 6.50. The van der Waals surface area contributed by atoms with Crippen LogP contribution in [0.25, 0.3) is 0 Å². The monoisotopic (exact) mass is 288 g/mol. The van der Waals surface area contributed by atoms with E-state index in [1.165, 1.54) is 25.9 Å². The maximum absolute atomic E-state index is 10.0. The number of ether oxygens (including phenoxy) is 2. The van der Waals surface area contributed by atoms with Gasteiger partial charge in [0, 0.05) is 19.7 Å². The molecular formula is C15H32N2O3. The number of rotatable bonds is 9. The predicted molar refractivity (Wildman–Crippen MR) is 81.1 cm³/mol. The summed E-state index contributed by atoms with van der Waals surface area (Å²) in [4.78, 5) is 4.76. The van der Waals surface area contributed by atoms with Gasteiger partial charge >= 0.3 is 0 Å². The van der Waals surface area contributed by atoms with E-state index in [4.69, 9.17) is 9.47 Å². The minimum Gasteiger partial charge on any atom is -0.389 e. The van der Waals surface area contributed by atoms with E-state index in [1.807, 2.05) is 6.92 Å². The molecule has 0 spiro atoms. The fourth-order valence-corrected chi connectivity index (χ4v) is 2.77. The summed E-state index contributed by atoms with van der Waals surface area (Å²) in [6, 6.07) is 0.587. The lowest BCUT2D eigenvalue weighted by Gasteiger charge is -2.37. The van der Waals surface area contributed by atoms with Crippen LogP contribution < -0.4 is 0 Å². The van der Waals surface area contributed by atoms with Crippen molar-refractivity contribution < 1.29 is 14.6 Å². The third-order valence-corrected chi connectivity index (χ3v) is 4.10. The highest BCUT2D eigenvalue weighted by atomic mass is 16.5. The van der Waals surface area contributed by atoms with Gasteiger partial charge in [0.15, 0.2) is 0 Å². The molecule has 1 heterocycles. The van der Waals surface area contributed by atoms with Gasteiger partial charge in [-0.15, -0.1) is 0 Å². The zero-order valence-electron chi connectivity index (χ0n) is 13.5. The molecule has 1 rings (SSSR count). The quantitative estimate of drug-likeness (QED) is 0.680. The number of likely N-dealkylation sites (N-methyl/N-ethyl adjacent to an activating group) is 1. The second-order valence-corrected chi connectivity index (χ2v) is 5.86. The largest absolute Gasteiger partial charge is 0.389 e. The average molecular weight is 288 g/mol. The van der Waals surface area contributed by atoms with Gasteiger partial charge in [-0.25, -0.2) is 0 Å². The van der Waals surface area contributed by atoms with Crippen LogP contribution in [0, 0.1) is 0 Å². The van der Waals surface area contributed by atoms with Gasteiger partial charge in [0.1, 0.15) is 0 Å². The Balaban J connectivity index is 2.19. The Labute approximate surface area is 123 Å². The molecule has 0 amide bonds. The zero-order valence-corrected chi connectivity index (χ0v) is 13.5. The molecular weight excluding hydrogens is 256 g/mol. The maximum atomic E-state index is 10.0. The first kappa shape index (κ1) is 17.9. The lowest BCUT2D eigenvalue weighted by atomic mass is 10.0. The molecule has 0 aliphatic carbocycles. The van der Waals surface area contributed by atoms with Crippen molar-refractivity contribution in [3.8, 4) is 0 Å². The molecule has 2 atom stereocenters. The van der Waals surface area contributed by atoms with Crippen LogP contribution in [0.15, 0.2) is 0 Å². The van der Waals surface area contributed by atoms with Crippen molar-refractivity contribution >= 4 is 0 Å². The molecule has 5 nitrogen and oxygen atoms in total. The predicted octanol–water partition coefficient (Wildman–Crippen LogP) is 0.815. The van der Waals surface area contributed by atoms with Gasteiger partial charge in [-0.1, -0.05) is 6.92 Å². The van der Waals surface area contributed by atoms with E-state index in [0.29, 0.717) is 25.8 Å². The highest BCUT2D eigenvalue weighted by Crippen LogP contribution is 2.15. The molecule has 1 N–H and O–H groups in total. The molecule has 1 fully saturated rings.